The summed E-state index contributed by atoms with van der Waals surface area (Å²) in [6.45, 7) is 18.7. The quantitative estimate of drug-likeness (QED) is 0.236. The zero-order valence-electron chi connectivity index (χ0n) is 25.6. The summed E-state index contributed by atoms with van der Waals surface area (Å²) in [6.07, 6.45) is 13.8. The number of ether oxygens (including phenoxy) is 1. The summed E-state index contributed by atoms with van der Waals surface area (Å²) < 4.78 is 5.90. The van der Waals surface area contributed by atoms with Gasteiger partial charge in [-0.3, -0.25) is 14.4 Å². The molecule has 0 aromatic carbocycles. The Morgan fingerprint density at radius 2 is 1.58 bits per heavy atom. The summed E-state index contributed by atoms with van der Waals surface area (Å²) >= 11 is 0. The maximum absolute atomic E-state index is 13.1. The molecule has 0 bridgehead atoms. The van der Waals surface area contributed by atoms with Gasteiger partial charge in [0, 0.05) is 17.8 Å². The first-order valence-electron chi connectivity index (χ1n) is 15.3. The van der Waals surface area contributed by atoms with Gasteiger partial charge in [0.15, 0.2) is 0 Å². The number of hydrogen-bond donors (Lipinski definition) is 1. The van der Waals surface area contributed by atoms with Crippen LogP contribution in [0.2, 0.25) is 0 Å². The van der Waals surface area contributed by atoms with Gasteiger partial charge in [-0.05, 0) is 104 Å². The third-order valence-electron chi connectivity index (χ3n) is 13.8. The van der Waals surface area contributed by atoms with Gasteiger partial charge >= 0.3 is 5.97 Å². The second-order valence-electron chi connectivity index (χ2n) is 15.9. The van der Waals surface area contributed by atoms with Crippen molar-refractivity contribution in [1.29, 1.82) is 0 Å². The standard InChI is InChI=1S/C33H53NO4/c1-21(35)38-26-13-14-31(6)24(28(26,2)3)12-15-33(8)25(31)11-10-22-23-20-30(5,27(36)34-37-9)17-16-29(23,4)18-19-32(22,33)7/h10,23-26H,11-20H2,1-9H3,(H,34,36)/t23-,24?,25+,26-,29+,30-,31-,32+,33+/m0/s1. The minimum atomic E-state index is -0.389. The van der Waals surface area contributed by atoms with Gasteiger partial charge < -0.3 is 4.74 Å². The van der Waals surface area contributed by atoms with Crippen LogP contribution < -0.4 is 5.48 Å². The van der Waals surface area contributed by atoms with Gasteiger partial charge in [0.25, 0.3) is 0 Å². The molecule has 0 aromatic heterocycles. The molecule has 38 heavy (non-hydrogen) atoms. The predicted octanol–water partition coefficient (Wildman–Crippen LogP) is 7.40. The molecule has 4 fully saturated rings. The van der Waals surface area contributed by atoms with Crippen molar-refractivity contribution in [1.82, 2.24) is 5.48 Å². The second kappa shape index (κ2) is 8.82. The zero-order valence-corrected chi connectivity index (χ0v) is 25.6. The summed E-state index contributed by atoms with van der Waals surface area (Å²) in [4.78, 5) is 30.1. The van der Waals surface area contributed by atoms with Crippen molar-refractivity contribution in [2.45, 2.75) is 126 Å². The molecule has 4 saturated carbocycles. The smallest absolute Gasteiger partial charge is 0.302 e. The second-order valence-corrected chi connectivity index (χ2v) is 15.9. The Hall–Kier alpha value is -1.36. The van der Waals surface area contributed by atoms with Crippen LogP contribution in [0.5, 0.6) is 0 Å². The Morgan fingerprint density at radius 1 is 0.895 bits per heavy atom. The fourth-order valence-electron chi connectivity index (χ4n) is 11.2. The minimum Gasteiger partial charge on any atom is -0.462 e. The van der Waals surface area contributed by atoms with E-state index < -0.39 is 0 Å². The number of esters is 1. The van der Waals surface area contributed by atoms with Crippen molar-refractivity contribution in [3.05, 3.63) is 11.6 Å². The zero-order chi connectivity index (χ0) is 27.9. The van der Waals surface area contributed by atoms with Crippen LogP contribution in [0.15, 0.2) is 11.6 Å². The first kappa shape index (κ1) is 28.2. The largest absolute Gasteiger partial charge is 0.462 e. The van der Waals surface area contributed by atoms with Crippen molar-refractivity contribution in [2.75, 3.05) is 7.11 Å². The molecule has 5 aliphatic carbocycles. The molecule has 1 N–H and O–H groups in total. The van der Waals surface area contributed by atoms with Crippen molar-refractivity contribution in [2.24, 2.45) is 50.2 Å². The average Bonchev–Trinajstić information content (AvgIpc) is 2.82. The number of amides is 1. The van der Waals surface area contributed by atoms with E-state index in [-0.39, 0.29) is 50.5 Å². The van der Waals surface area contributed by atoms with Crippen LogP contribution in [0.4, 0.5) is 0 Å². The number of allylic oxidation sites excluding steroid dienone is 2. The summed E-state index contributed by atoms with van der Waals surface area (Å²) in [5.74, 6) is 1.51. The Morgan fingerprint density at radius 3 is 2.24 bits per heavy atom. The molecular formula is C33H53NO4. The van der Waals surface area contributed by atoms with E-state index in [1.165, 1.54) is 32.8 Å². The number of nitrogens with one attached hydrogen (secondary N) is 1. The lowest BCUT2D eigenvalue weighted by molar-refractivity contribution is -0.212. The van der Waals surface area contributed by atoms with Crippen LogP contribution in [-0.2, 0) is 19.2 Å². The Labute approximate surface area is 231 Å². The molecule has 5 aliphatic rings. The van der Waals surface area contributed by atoms with Crippen molar-refractivity contribution < 1.29 is 19.2 Å². The molecule has 0 spiro atoms. The van der Waals surface area contributed by atoms with Crippen molar-refractivity contribution in [3.63, 3.8) is 0 Å². The SMILES string of the molecule is CONC(=O)[C@@]1(C)CC[C@]2(C)CC[C@]3(C)C(=CC[C@@H]4[C@@]5(C)CC[C@H](OC(C)=O)C(C)(C)C5CC[C@]43C)[C@@H]2C1. The molecule has 5 heteroatoms. The first-order chi connectivity index (χ1) is 17.6. The number of hydrogen-bond acceptors (Lipinski definition) is 4. The maximum atomic E-state index is 13.1. The number of carbonyl (C=O) groups excluding carboxylic acids is 2. The van der Waals surface area contributed by atoms with Gasteiger partial charge in [-0.2, -0.15) is 0 Å². The molecule has 214 valence electrons. The van der Waals surface area contributed by atoms with E-state index in [1.807, 2.05) is 0 Å². The molecule has 0 aliphatic heterocycles. The van der Waals surface area contributed by atoms with E-state index in [1.54, 1.807) is 12.5 Å². The van der Waals surface area contributed by atoms with Gasteiger partial charge in [0.2, 0.25) is 5.91 Å². The van der Waals surface area contributed by atoms with Crippen LogP contribution in [0, 0.1) is 50.2 Å². The van der Waals surface area contributed by atoms with Gasteiger partial charge in [-0.25, -0.2) is 5.48 Å². The average molecular weight is 528 g/mol. The highest BCUT2D eigenvalue weighted by Gasteiger charge is 2.68. The Balaban J connectivity index is 1.51. The maximum Gasteiger partial charge on any atom is 0.302 e. The van der Waals surface area contributed by atoms with E-state index in [9.17, 15) is 9.59 Å². The van der Waals surface area contributed by atoms with E-state index in [0.29, 0.717) is 17.8 Å². The third-order valence-corrected chi connectivity index (χ3v) is 13.8. The van der Waals surface area contributed by atoms with Crippen molar-refractivity contribution >= 4 is 11.9 Å². The van der Waals surface area contributed by atoms with Crippen LogP contribution in [0.3, 0.4) is 0 Å². The fraction of sp³-hybridized carbons (Fsp3) is 0.879. The Bertz CT molecular complexity index is 1030. The third kappa shape index (κ3) is 3.72. The molecule has 5 rings (SSSR count). The first-order valence-corrected chi connectivity index (χ1v) is 15.3. The van der Waals surface area contributed by atoms with Gasteiger partial charge in [0.1, 0.15) is 6.10 Å². The number of rotatable bonds is 3. The highest BCUT2D eigenvalue weighted by molar-refractivity contribution is 5.81. The van der Waals surface area contributed by atoms with E-state index >= 15 is 0 Å². The molecule has 0 radical (unpaired) electrons. The molecule has 0 heterocycles. The van der Waals surface area contributed by atoms with Crippen LogP contribution in [0.1, 0.15) is 120 Å². The molecule has 9 atom stereocenters. The lowest BCUT2D eigenvalue weighted by Crippen LogP contribution is -2.64. The van der Waals surface area contributed by atoms with E-state index in [0.717, 1.165) is 38.5 Å². The summed E-state index contributed by atoms with van der Waals surface area (Å²) in [5, 5.41) is 0. The Kier molecular flexibility index (Phi) is 6.54. The van der Waals surface area contributed by atoms with Gasteiger partial charge in [0.05, 0.1) is 7.11 Å². The van der Waals surface area contributed by atoms with E-state index in [2.05, 4.69) is 60.0 Å². The molecule has 0 saturated heterocycles. The lowest BCUT2D eigenvalue weighted by atomic mass is 9.33. The fourth-order valence-corrected chi connectivity index (χ4v) is 11.2. The van der Waals surface area contributed by atoms with Crippen LogP contribution in [-0.4, -0.2) is 25.1 Å². The number of carbonyl (C=O) groups is 2. The van der Waals surface area contributed by atoms with Crippen LogP contribution >= 0.6 is 0 Å². The molecule has 5 nitrogen and oxygen atoms in total. The van der Waals surface area contributed by atoms with Crippen LogP contribution in [0.25, 0.3) is 0 Å². The number of hydroxylamine groups is 1. The summed E-state index contributed by atoms with van der Waals surface area (Å²) in [6, 6.07) is 0. The summed E-state index contributed by atoms with van der Waals surface area (Å²) in [7, 11) is 1.54. The van der Waals surface area contributed by atoms with Crippen molar-refractivity contribution in [3.8, 4) is 0 Å². The topological polar surface area (TPSA) is 64.6 Å². The molecule has 1 unspecified atom stereocenters. The van der Waals surface area contributed by atoms with E-state index in [4.69, 9.17) is 9.57 Å². The molecule has 1 amide bonds. The minimum absolute atomic E-state index is 0.0151. The monoisotopic (exact) mass is 527 g/mol. The highest BCUT2D eigenvalue weighted by Crippen LogP contribution is 2.75. The normalized spacial score (nSPS) is 49.3. The highest BCUT2D eigenvalue weighted by atomic mass is 16.6. The lowest BCUT2D eigenvalue weighted by Gasteiger charge is -2.71. The molecular weight excluding hydrogens is 474 g/mol. The van der Waals surface area contributed by atoms with Gasteiger partial charge in [-0.1, -0.05) is 60.1 Å². The predicted molar refractivity (Wildman–Crippen MR) is 150 cm³/mol. The molecule has 0 aromatic rings. The number of fused-ring (bicyclic) bond motifs is 7. The summed E-state index contributed by atoms with van der Waals surface area (Å²) in [5.41, 5.74) is 4.81. The van der Waals surface area contributed by atoms with Gasteiger partial charge in [-0.15, -0.1) is 0 Å².